The van der Waals surface area contributed by atoms with E-state index in [1.807, 2.05) is 0 Å². The standard InChI is InChI=1S/C23H48N2O.CH4O4S/c1-5-8-9-10-11-12-13-14-15-16-17-18-19-20-23(26)24-21-22-25(4,6-2)7-3;1-5-6(2,3)4/h5-22H2,1-4H3;1H3,(H,2,3,4). The molecule has 0 atom stereocenters. The third kappa shape index (κ3) is 25.6. The number of quaternary nitrogens is 1. The molecular formula is C24H52N2O5S. The second-order valence-electron chi connectivity index (χ2n) is 8.89. The highest BCUT2D eigenvalue weighted by Crippen LogP contribution is 2.12. The number of unbranched alkanes of at least 4 members (excludes halogenated alkanes) is 12. The smallest absolute Gasteiger partial charge is 0.220 e. The Labute approximate surface area is 199 Å². The molecule has 0 fully saturated rings. The molecule has 0 aliphatic rings. The van der Waals surface area contributed by atoms with Crippen molar-refractivity contribution in [2.75, 3.05) is 40.3 Å². The van der Waals surface area contributed by atoms with E-state index >= 15 is 0 Å². The van der Waals surface area contributed by atoms with Gasteiger partial charge in [0.25, 0.3) is 0 Å². The van der Waals surface area contributed by atoms with Crippen LogP contribution in [0.4, 0.5) is 0 Å². The van der Waals surface area contributed by atoms with Crippen LogP contribution in [0.3, 0.4) is 0 Å². The Morgan fingerprint density at radius 1 is 0.812 bits per heavy atom. The van der Waals surface area contributed by atoms with Gasteiger partial charge in [-0.1, -0.05) is 84.0 Å². The van der Waals surface area contributed by atoms with Gasteiger partial charge in [0.1, 0.15) is 0 Å². The maximum absolute atomic E-state index is 11.9. The van der Waals surface area contributed by atoms with Crippen LogP contribution in [0.1, 0.15) is 111 Å². The number of carbonyl (C=O) groups excluding carboxylic acids is 1. The van der Waals surface area contributed by atoms with Gasteiger partial charge in [-0.05, 0) is 20.3 Å². The zero-order valence-corrected chi connectivity index (χ0v) is 22.4. The summed E-state index contributed by atoms with van der Waals surface area (Å²) in [6.45, 7) is 10.8. The van der Waals surface area contributed by atoms with Crippen molar-refractivity contribution in [3.63, 3.8) is 0 Å². The first-order chi connectivity index (χ1) is 15.1. The molecule has 7 nitrogen and oxygen atoms in total. The van der Waals surface area contributed by atoms with Crippen LogP contribution in [0.5, 0.6) is 0 Å². The van der Waals surface area contributed by atoms with E-state index < -0.39 is 10.4 Å². The molecule has 0 aromatic heterocycles. The number of carbonyl (C=O) groups is 1. The van der Waals surface area contributed by atoms with Crippen molar-refractivity contribution in [3.8, 4) is 0 Å². The van der Waals surface area contributed by atoms with Crippen LogP contribution in [-0.2, 0) is 19.4 Å². The number of amides is 1. The van der Waals surface area contributed by atoms with E-state index in [0.717, 1.165) is 44.2 Å². The van der Waals surface area contributed by atoms with Crippen molar-refractivity contribution in [1.29, 1.82) is 0 Å². The molecule has 0 radical (unpaired) electrons. The van der Waals surface area contributed by atoms with Gasteiger partial charge in [0.2, 0.25) is 16.3 Å². The van der Waals surface area contributed by atoms with Crippen LogP contribution in [-0.4, -0.2) is 63.7 Å². The molecule has 8 heteroatoms. The lowest BCUT2D eigenvalue weighted by Gasteiger charge is -2.32. The monoisotopic (exact) mass is 480 g/mol. The quantitative estimate of drug-likeness (QED) is 0.112. The zero-order chi connectivity index (χ0) is 24.7. The molecule has 0 aliphatic heterocycles. The molecule has 0 heterocycles. The SMILES string of the molecule is CCCCCCCCCCCCCCCC(=O)NCC[N+](C)(CC)CC.COS(=O)(=O)[O-]. The van der Waals surface area contributed by atoms with Crippen molar-refractivity contribution in [3.05, 3.63) is 0 Å². The van der Waals surface area contributed by atoms with Gasteiger partial charge in [-0.15, -0.1) is 0 Å². The fourth-order valence-electron chi connectivity index (χ4n) is 3.40. The Bertz CT molecular complexity index is 522. The summed E-state index contributed by atoms with van der Waals surface area (Å²) < 4.78 is 32.1. The zero-order valence-electron chi connectivity index (χ0n) is 21.6. The summed E-state index contributed by atoms with van der Waals surface area (Å²) in [4.78, 5) is 11.9. The molecule has 0 saturated carbocycles. The molecule has 0 aromatic rings. The average Bonchev–Trinajstić information content (AvgIpc) is 2.76. The molecule has 1 amide bonds. The molecule has 0 bridgehead atoms. The Kier molecular flexibility index (Phi) is 23.1. The molecular weight excluding hydrogens is 428 g/mol. The van der Waals surface area contributed by atoms with E-state index in [0.29, 0.717) is 6.42 Å². The van der Waals surface area contributed by atoms with E-state index in [-0.39, 0.29) is 5.91 Å². The van der Waals surface area contributed by atoms with Crippen LogP contribution in [0.15, 0.2) is 0 Å². The minimum Gasteiger partial charge on any atom is -0.726 e. The lowest BCUT2D eigenvalue weighted by atomic mass is 10.0. The highest BCUT2D eigenvalue weighted by atomic mass is 32.3. The summed E-state index contributed by atoms with van der Waals surface area (Å²) in [5, 5.41) is 3.10. The number of hydrogen-bond donors (Lipinski definition) is 1. The number of rotatable bonds is 20. The minimum atomic E-state index is -4.41. The van der Waals surface area contributed by atoms with Crippen molar-refractivity contribution >= 4 is 16.3 Å². The summed E-state index contributed by atoms with van der Waals surface area (Å²) in [7, 11) is -1.34. The van der Waals surface area contributed by atoms with E-state index in [4.69, 9.17) is 0 Å². The van der Waals surface area contributed by atoms with Gasteiger partial charge in [-0.2, -0.15) is 0 Å². The van der Waals surface area contributed by atoms with Crippen molar-refractivity contribution in [2.45, 2.75) is 111 Å². The van der Waals surface area contributed by atoms with Crippen molar-refractivity contribution in [1.82, 2.24) is 5.32 Å². The van der Waals surface area contributed by atoms with Crippen molar-refractivity contribution in [2.24, 2.45) is 0 Å². The van der Waals surface area contributed by atoms with Gasteiger partial charge in [0.05, 0.1) is 40.3 Å². The first-order valence-corrected chi connectivity index (χ1v) is 14.1. The largest absolute Gasteiger partial charge is 0.726 e. The van der Waals surface area contributed by atoms with Crippen LogP contribution in [0.25, 0.3) is 0 Å². The van der Waals surface area contributed by atoms with Crippen LogP contribution >= 0.6 is 0 Å². The molecule has 0 unspecified atom stereocenters. The average molecular weight is 481 g/mol. The first kappa shape index (κ1) is 33.5. The minimum absolute atomic E-state index is 0.242. The lowest BCUT2D eigenvalue weighted by molar-refractivity contribution is -0.904. The Balaban J connectivity index is 0. The van der Waals surface area contributed by atoms with E-state index in [9.17, 15) is 17.8 Å². The van der Waals surface area contributed by atoms with Gasteiger partial charge >= 0.3 is 0 Å². The number of hydrogen-bond acceptors (Lipinski definition) is 5. The van der Waals surface area contributed by atoms with E-state index in [1.165, 1.54) is 77.0 Å². The van der Waals surface area contributed by atoms with Gasteiger partial charge in [-0.3, -0.25) is 8.98 Å². The fourth-order valence-corrected chi connectivity index (χ4v) is 3.40. The lowest BCUT2D eigenvalue weighted by Crippen LogP contribution is -2.48. The van der Waals surface area contributed by atoms with Crippen LogP contribution in [0, 0.1) is 0 Å². The van der Waals surface area contributed by atoms with Crippen LogP contribution in [0.2, 0.25) is 0 Å². The van der Waals surface area contributed by atoms with Gasteiger partial charge < -0.3 is 14.4 Å². The summed E-state index contributed by atoms with van der Waals surface area (Å²) in [5.74, 6) is 0.242. The normalized spacial score (nSPS) is 11.7. The first-order valence-electron chi connectivity index (χ1n) is 12.8. The third-order valence-corrected chi connectivity index (χ3v) is 6.62. The number of nitrogens with one attached hydrogen (secondary N) is 1. The highest BCUT2D eigenvalue weighted by molar-refractivity contribution is 7.80. The second-order valence-corrected chi connectivity index (χ2v) is 10.0. The Hall–Kier alpha value is -0.700. The Morgan fingerprint density at radius 3 is 1.53 bits per heavy atom. The summed E-state index contributed by atoms with van der Waals surface area (Å²) in [6.07, 6.45) is 18.3. The Morgan fingerprint density at radius 2 is 1.19 bits per heavy atom. The molecule has 0 rings (SSSR count). The molecule has 32 heavy (non-hydrogen) atoms. The molecule has 0 spiro atoms. The van der Waals surface area contributed by atoms with Gasteiger partial charge in [0.15, 0.2) is 0 Å². The van der Waals surface area contributed by atoms with E-state index in [2.05, 4.69) is 37.3 Å². The summed E-state index contributed by atoms with van der Waals surface area (Å²) in [5.41, 5.74) is 0. The topological polar surface area (TPSA) is 95.5 Å². The summed E-state index contributed by atoms with van der Waals surface area (Å²) in [6, 6.07) is 0. The molecule has 0 saturated heterocycles. The fraction of sp³-hybridized carbons (Fsp3) is 0.958. The number of likely N-dealkylation sites (N-methyl/N-ethyl adjacent to an activating group) is 1. The molecule has 0 aromatic carbocycles. The predicted molar refractivity (Wildman–Crippen MR) is 132 cm³/mol. The molecule has 194 valence electrons. The molecule has 0 aliphatic carbocycles. The van der Waals surface area contributed by atoms with Gasteiger partial charge in [0, 0.05) is 6.42 Å². The maximum Gasteiger partial charge on any atom is 0.220 e. The number of nitrogens with zero attached hydrogens (tertiary/aromatic N) is 1. The highest BCUT2D eigenvalue weighted by Gasteiger charge is 2.15. The van der Waals surface area contributed by atoms with Gasteiger partial charge in [-0.25, -0.2) is 8.42 Å². The second kappa shape index (κ2) is 22.1. The predicted octanol–water partition coefficient (Wildman–Crippen LogP) is 5.16. The third-order valence-electron chi connectivity index (χ3n) is 6.21. The maximum atomic E-state index is 11.9. The van der Waals surface area contributed by atoms with Crippen molar-refractivity contribution < 1.29 is 26.4 Å². The molecule has 1 N–H and O–H groups in total. The summed E-state index contributed by atoms with van der Waals surface area (Å²) >= 11 is 0. The van der Waals surface area contributed by atoms with Crippen LogP contribution < -0.4 is 5.32 Å². The van der Waals surface area contributed by atoms with E-state index in [1.54, 1.807) is 0 Å².